The Bertz CT molecular complexity index is 516. The molecule has 0 spiro atoms. The van der Waals surface area contributed by atoms with Gasteiger partial charge >= 0.3 is 6.03 Å². The molecule has 3 N–H and O–H groups in total. The summed E-state index contributed by atoms with van der Waals surface area (Å²) in [5.41, 5.74) is 6.94. The molecule has 1 unspecified atom stereocenters. The van der Waals surface area contributed by atoms with E-state index in [2.05, 4.69) is 5.32 Å². The molecule has 0 aliphatic carbocycles. The number of anilines is 1. The quantitative estimate of drug-likeness (QED) is 0.820. The van der Waals surface area contributed by atoms with Crippen LogP contribution in [0.2, 0.25) is 0 Å². The van der Waals surface area contributed by atoms with Crippen molar-refractivity contribution in [3.63, 3.8) is 0 Å². The van der Waals surface area contributed by atoms with Crippen LogP contribution in [-0.4, -0.2) is 31.6 Å². The van der Waals surface area contributed by atoms with Crippen molar-refractivity contribution in [2.45, 2.75) is 19.4 Å². The summed E-state index contributed by atoms with van der Waals surface area (Å²) < 4.78 is 5.50. The van der Waals surface area contributed by atoms with Crippen LogP contribution in [0, 0.1) is 0 Å². The number of benzene rings is 1. The van der Waals surface area contributed by atoms with Crippen molar-refractivity contribution >= 4 is 17.6 Å². The molecule has 1 atom stereocenters. The van der Waals surface area contributed by atoms with Gasteiger partial charge < -0.3 is 15.8 Å². The van der Waals surface area contributed by atoms with Gasteiger partial charge in [0.15, 0.2) is 6.10 Å². The van der Waals surface area contributed by atoms with Crippen molar-refractivity contribution < 1.29 is 14.3 Å². The fourth-order valence-electron chi connectivity index (χ4n) is 2.02. The summed E-state index contributed by atoms with van der Waals surface area (Å²) in [6.07, 6.45) is 0.00340. The third-order valence-electron chi connectivity index (χ3n) is 2.99. The van der Waals surface area contributed by atoms with Gasteiger partial charge in [-0.05, 0) is 37.6 Å². The predicted molar refractivity (Wildman–Crippen MR) is 71.2 cm³/mol. The summed E-state index contributed by atoms with van der Waals surface area (Å²) in [6.45, 7) is 2.12. The lowest BCUT2D eigenvalue weighted by Gasteiger charge is -2.31. The molecule has 0 bridgehead atoms. The number of nitrogens with two attached hydrogens (primary N) is 1. The van der Waals surface area contributed by atoms with Crippen LogP contribution in [0.3, 0.4) is 0 Å². The number of fused-ring (bicyclic) bond motifs is 1. The number of nitrogens with zero attached hydrogens (tertiary/aromatic N) is 1. The normalized spacial score (nSPS) is 17.7. The molecule has 0 radical (unpaired) electrons. The van der Waals surface area contributed by atoms with Crippen LogP contribution >= 0.6 is 0 Å². The van der Waals surface area contributed by atoms with Crippen LogP contribution in [0.15, 0.2) is 18.2 Å². The lowest BCUT2D eigenvalue weighted by Crippen LogP contribution is -2.50. The Labute approximate surface area is 111 Å². The zero-order valence-corrected chi connectivity index (χ0v) is 11.0. The van der Waals surface area contributed by atoms with E-state index in [-0.39, 0.29) is 5.91 Å². The highest BCUT2D eigenvalue weighted by molar-refractivity contribution is 6.17. The second kappa shape index (κ2) is 5.27. The summed E-state index contributed by atoms with van der Waals surface area (Å²) in [6, 6.07) is 4.95. The standard InChI is InChI=1S/C13H17N3O3/c1-8-12(17)16(13(18)15-2)10-7-9(5-6-14)3-4-11(10)19-8/h3-4,7-8H,5-6,14H2,1-2H3,(H,15,18). The summed E-state index contributed by atoms with van der Waals surface area (Å²) in [5, 5.41) is 2.46. The van der Waals surface area contributed by atoms with E-state index >= 15 is 0 Å². The molecule has 1 aliphatic heterocycles. The van der Waals surface area contributed by atoms with Crippen LogP contribution in [-0.2, 0) is 11.2 Å². The minimum Gasteiger partial charge on any atom is -0.479 e. The van der Waals surface area contributed by atoms with Crippen molar-refractivity contribution in [3.8, 4) is 5.75 Å². The monoisotopic (exact) mass is 263 g/mol. The summed E-state index contributed by atoms with van der Waals surface area (Å²) in [7, 11) is 1.49. The second-order valence-electron chi connectivity index (χ2n) is 4.33. The van der Waals surface area contributed by atoms with Gasteiger partial charge in [-0.1, -0.05) is 6.07 Å². The van der Waals surface area contributed by atoms with Crippen LogP contribution in [0.5, 0.6) is 5.75 Å². The van der Waals surface area contributed by atoms with Crippen molar-refractivity contribution in [2.24, 2.45) is 5.73 Å². The Morgan fingerprint density at radius 2 is 2.26 bits per heavy atom. The maximum Gasteiger partial charge on any atom is 0.328 e. The topological polar surface area (TPSA) is 84.7 Å². The molecule has 19 heavy (non-hydrogen) atoms. The van der Waals surface area contributed by atoms with E-state index in [4.69, 9.17) is 10.5 Å². The van der Waals surface area contributed by atoms with Crippen molar-refractivity contribution in [1.82, 2.24) is 5.32 Å². The molecule has 0 aromatic heterocycles. The van der Waals surface area contributed by atoms with Crippen LogP contribution < -0.4 is 20.7 Å². The second-order valence-corrected chi connectivity index (χ2v) is 4.33. The average molecular weight is 263 g/mol. The van der Waals surface area contributed by atoms with Gasteiger partial charge in [0, 0.05) is 7.05 Å². The first-order chi connectivity index (χ1) is 9.08. The molecule has 3 amide bonds. The minimum absolute atomic E-state index is 0.378. The molecule has 6 nitrogen and oxygen atoms in total. The van der Waals surface area contributed by atoms with Gasteiger partial charge in [-0.2, -0.15) is 0 Å². The molecule has 1 aromatic rings. The zero-order valence-electron chi connectivity index (χ0n) is 11.0. The largest absolute Gasteiger partial charge is 0.479 e. The fourth-order valence-corrected chi connectivity index (χ4v) is 2.02. The molecule has 1 aliphatic rings. The number of nitrogens with one attached hydrogen (secondary N) is 1. The average Bonchev–Trinajstić information content (AvgIpc) is 2.40. The van der Waals surface area contributed by atoms with Crippen molar-refractivity contribution in [2.75, 3.05) is 18.5 Å². The summed E-state index contributed by atoms with van der Waals surface area (Å²) in [5.74, 6) is 0.146. The maximum absolute atomic E-state index is 12.1. The van der Waals surface area contributed by atoms with Gasteiger partial charge in [0.25, 0.3) is 5.91 Å². The molecular formula is C13H17N3O3. The van der Waals surface area contributed by atoms with E-state index in [1.165, 1.54) is 7.05 Å². The van der Waals surface area contributed by atoms with Crippen LogP contribution in [0.4, 0.5) is 10.5 Å². The Balaban J connectivity index is 2.47. The van der Waals surface area contributed by atoms with Crippen LogP contribution in [0.25, 0.3) is 0 Å². The molecule has 102 valence electrons. The highest BCUT2D eigenvalue weighted by atomic mass is 16.5. The predicted octanol–water partition coefficient (Wildman–Crippen LogP) is 0.641. The molecule has 1 aromatic carbocycles. The van der Waals surface area contributed by atoms with E-state index in [0.717, 1.165) is 10.5 Å². The maximum atomic E-state index is 12.1. The number of urea groups is 1. The van der Waals surface area contributed by atoms with Gasteiger partial charge in [0.2, 0.25) is 0 Å². The van der Waals surface area contributed by atoms with Gasteiger partial charge in [-0.3, -0.25) is 4.79 Å². The van der Waals surface area contributed by atoms with E-state index in [1.807, 2.05) is 6.07 Å². The van der Waals surface area contributed by atoms with E-state index < -0.39 is 12.1 Å². The molecule has 1 heterocycles. The number of carbonyl (C=O) groups excluding carboxylic acids is 2. The van der Waals surface area contributed by atoms with Gasteiger partial charge in [0.05, 0.1) is 5.69 Å². The Hall–Kier alpha value is -2.08. The fraction of sp³-hybridized carbons (Fsp3) is 0.385. The molecule has 2 rings (SSSR count). The molecule has 6 heteroatoms. The first kappa shape index (κ1) is 13.4. The molecular weight excluding hydrogens is 246 g/mol. The minimum atomic E-state index is -0.676. The van der Waals surface area contributed by atoms with E-state index in [1.54, 1.807) is 19.1 Å². The Morgan fingerprint density at radius 1 is 1.53 bits per heavy atom. The number of hydrogen-bond acceptors (Lipinski definition) is 4. The summed E-state index contributed by atoms with van der Waals surface area (Å²) >= 11 is 0. The molecule has 0 saturated carbocycles. The first-order valence-electron chi connectivity index (χ1n) is 6.13. The lowest BCUT2D eigenvalue weighted by atomic mass is 10.1. The molecule has 0 saturated heterocycles. The van der Waals surface area contributed by atoms with Crippen molar-refractivity contribution in [1.29, 1.82) is 0 Å². The highest BCUT2D eigenvalue weighted by Crippen LogP contribution is 2.35. The third-order valence-corrected chi connectivity index (χ3v) is 2.99. The first-order valence-corrected chi connectivity index (χ1v) is 6.13. The van der Waals surface area contributed by atoms with Gasteiger partial charge in [-0.15, -0.1) is 0 Å². The summed E-state index contributed by atoms with van der Waals surface area (Å²) in [4.78, 5) is 25.1. The Kier molecular flexibility index (Phi) is 3.71. The van der Waals surface area contributed by atoms with Crippen LogP contribution in [0.1, 0.15) is 12.5 Å². The highest BCUT2D eigenvalue weighted by Gasteiger charge is 2.35. The van der Waals surface area contributed by atoms with E-state index in [0.29, 0.717) is 24.4 Å². The number of carbonyl (C=O) groups is 2. The lowest BCUT2D eigenvalue weighted by molar-refractivity contribution is -0.124. The smallest absolute Gasteiger partial charge is 0.328 e. The van der Waals surface area contributed by atoms with Crippen molar-refractivity contribution in [3.05, 3.63) is 23.8 Å². The van der Waals surface area contributed by atoms with E-state index in [9.17, 15) is 9.59 Å². The molecule has 0 fully saturated rings. The number of imide groups is 1. The SMILES string of the molecule is CNC(=O)N1C(=O)C(C)Oc2ccc(CCN)cc21. The zero-order chi connectivity index (χ0) is 14.0. The number of ether oxygens (including phenoxy) is 1. The van der Waals surface area contributed by atoms with Gasteiger partial charge in [0.1, 0.15) is 5.75 Å². The number of amides is 3. The third kappa shape index (κ3) is 2.39. The Morgan fingerprint density at radius 3 is 2.89 bits per heavy atom. The number of hydrogen-bond donors (Lipinski definition) is 2. The van der Waals surface area contributed by atoms with Gasteiger partial charge in [-0.25, -0.2) is 9.69 Å². The number of rotatable bonds is 2.